The Morgan fingerprint density at radius 2 is 2.00 bits per heavy atom. The summed E-state index contributed by atoms with van der Waals surface area (Å²) < 4.78 is 0. The molecule has 0 saturated heterocycles. The van der Waals surface area contributed by atoms with Crippen LogP contribution in [0.4, 0.5) is 4.79 Å². The molecule has 0 spiro atoms. The second kappa shape index (κ2) is 7.67. The molecule has 0 atom stereocenters. The molecule has 0 aliphatic heterocycles. The van der Waals surface area contributed by atoms with Crippen LogP contribution in [0.5, 0.6) is 0 Å². The van der Waals surface area contributed by atoms with Crippen molar-refractivity contribution in [2.75, 3.05) is 12.3 Å². The van der Waals surface area contributed by atoms with Crippen LogP contribution in [0.2, 0.25) is 0 Å². The zero-order valence-corrected chi connectivity index (χ0v) is 9.56. The summed E-state index contributed by atoms with van der Waals surface area (Å²) in [5.41, 5.74) is 0. The molecule has 2 N–H and O–H groups in total. The molecule has 0 bridgehead atoms. The lowest BCUT2D eigenvalue weighted by molar-refractivity contribution is -0.117. The molecule has 0 aromatic rings. The van der Waals surface area contributed by atoms with Gasteiger partial charge in [0.15, 0.2) is 0 Å². The van der Waals surface area contributed by atoms with E-state index < -0.39 is 6.03 Å². The number of hydrogen-bond acceptors (Lipinski definition) is 3. The maximum absolute atomic E-state index is 11.0. The first-order valence-corrected chi connectivity index (χ1v) is 5.38. The predicted molar refractivity (Wildman–Crippen MR) is 59.5 cm³/mol. The van der Waals surface area contributed by atoms with Gasteiger partial charge in [-0.15, -0.1) is 0 Å². The number of rotatable bonds is 5. The van der Waals surface area contributed by atoms with Gasteiger partial charge < -0.3 is 5.32 Å². The highest BCUT2D eigenvalue weighted by Gasteiger charge is 2.04. The molecule has 0 aliphatic carbocycles. The van der Waals surface area contributed by atoms with Crippen molar-refractivity contribution in [2.24, 2.45) is 5.92 Å². The van der Waals surface area contributed by atoms with Gasteiger partial charge in [-0.3, -0.25) is 10.1 Å². The molecule has 0 heterocycles. The Labute approximate surface area is 90.2 Å². The van der Waals surface area contributed by atoms with Gasteiger partial charge in [0.1, 0.15) is 0 Å². The third kappa shape index (κ3) is 7.91. The van der Waals surface area contributed by atoms with Crippen LogP contribution in [-0.2, 0) is 4.79 Å². The van der Waals surface area contributed by atoms with Crippen molar-refractivity contribution >= 4 is 24.6 Å². The second-order valence-corrected chi connectivity index (χ2v) is 3.81. The molecule has 82 valence electrons. The normalized spacial score (nSPS) is 10.0. The fraction of sp³-hybridized carbons (Fsp3) is 0.778. The van der Waals surface area contributed by atoms with Gasteiger partial charge in [-0.1, -0.05) is 13.8 Å². The van der Waals surface area contributed by atoms with Crippen molar-refractivity contribution in [3.8, 4) is 0 Å². The Hall–Kier alpha value is -0.710. The lowest BCUT2D eigenvalue weighted by Crippen LogP contribution is -2.40. The average Bonchev–Trinajstić information content (AvgIpc) is 2.12. The summed E-state index contributed by atoms with van der Waals surface area (Å²) in [5.74, 6) is 0.285. The second-order valence-electron chi connectivity index (χ2n) is 3.50. The number of amides is 3. The average molecular weight is 218 g/mol. The summed E-state index contributed by atoms with van der Waals surface area (Å²) in [6.07, 6.45) is 2.00. The summed E-state index contributed by atoms with van der Waals surface area (Å²) >= 11 is 3.73. The Bertz CT molecular complexity index is 195. The highest BCUT2D eigenvalue weighted by Crippen LogP contribution is 2.01. The number of hydrogen-bond donors (Lipinski definition) is 3. The zero-order chi connectivity index (χ0) is 11.0. The van der Waals surface area contributed by atoms with E-state index in [9.17, 15) is 9.59 Å². The summed E-state index contributed by atoms with van der Waals surface area (Å²) in [7, 11) is 0. The lowest BCUT2D eigenvalue weighted by atomic mass is 10.1. The molecular formula is C9H18N2O2S. The third-order valence-electron chi connectivity index (χ3n) is 1.64. The molecule has 0 radical (unpaired) electrons. The molecule has 5 heteroatoms. The minimum Gasteiger partial charge on any atom is -0.338 e. The number of carbonyl (C=O) groups is 2. The van der Waals surface area contributed by atoms with Gasteiger partial charge in [0.2, 0.25) is 5.91 Å². The molecule has 14 heavy (non-hydrogen) atoms. The van der Waals surface area contributed by atoms with Crippen LogP contribution in [0.25, 0.3) is 0 Å². The molecule has 4 nitrogen and oxygen atoms in total. The lowest BCUT2D eigenvalue weighted by Gasteiger charge is -2.06. The SMILES string of the molecule is CC(C)CCCNC(=O)NC(=O)CS. The van der Waals surface area contributed by atoms with E-state index in [4.69, 9.17) is 0 Å². The van der Waals surface area contributed by atoms with Crippen LogP contribution < -0.4 is 10.6 Å². The quantitative estimate of drug-likeness (QED) is 0.479. The van der Waals surface area contributed by atoms with Crippen molar-refractivity contribution in [1.82, 2.24) is 10.6 Å². The summed E-state index contributed by atoms with van der Waals surface area (Å²) in [6, 6.07) is -0.437. The van der Waals surface area contributed by atoms with Gasteiger partial charge >= 0.3 is 6.03 Å². The van der Waals surface area contributed by atoms with Crippen LogP contribution in [0.3, 0.4) is 0 Å². The standard InChI is InChI=1S/C9H18N2O2S/c1-7(2)4-3-5-10-9(13)11-8(12)6-14/h7,14H,3-6H2,1-2H3,(H2,10,11,12,13). The molecule has 3 amide bonds. The minimum absolute atomic E-state index is 0.0272. The summed E-state index contributed by atoms with van der Waals surface area (Å²) in [4.78, 5) is 21.7. The van der Waals surface area contributed by atoms with Gasteiger partial charge in [0.05, 0.1) is 5.75 Å². The molecule has 0 aromatic heterocycles. The van der Waals surface area contributed by atoms with Crippen molar-refractivity contribution in [1.29, 1.82) is 0 Å². The van der Waals surface area contributed by atoms with Crippen molar-refractivity contribution in [3.63, 3.8) is 0 Å². The number of urea groups is 1. The van der Waals surface area contributed by atoms with Crippen LogP contribution in [0.15, 0.2) is 0 Å². The number of nitrogens with one attached hydrogen (secondary N) is 2. The Morgan fingerprint density at radius 3 is 2.50 bits per heavy atom. The van der Waals surface area contributed by atoms with Gasteiger partial charge in [-0.05, 0) is 18.8 Å². The maximum atomic E-state index is 11.0. The fourth-order valence-corrected chi connectivity index (χ4v) is 1.00. The monoisotopic (exact) mass is 218 g/mol. The Balaban J connectivity index is 3.40. The van der Waals surface area contributed by atoms with E-state index in [2.05, 4.69) is 37.1 Å². The van der Waals surface area contributed by atoms with Gasteiger partial charge in [0, 0.05) is 6.54 Å². The topological polar surface area (TPSA) is 58.2 Å². The van der Waals surface area contributed by atoms with Gasteiger partial charge in [-0.2, -0.15) is 12.6 Å². The largest absolute Gasteiger partial charge is 0.338 e. The molecular weight excluding hydrogens is 200 g/mol. The molecule has 0 saturated carbocycles. The van der Waals surface area contributed by atoms with E-state index in [1.807, 2.05) is 0 Å². The van der Waals surface area contributed by atoms with E-state index in [0.717, 1.165) is 12.8 Å². The number of thiol groups is 1. The van der Waals surface area contributed by atoms with Gasteiger partial charge in [-0.25, -0.2) is 4.79 Å². The first-order valence-electron chi connectivity index (χ1n) is 4.74. The smallest absolute Gasteiger partial charge is 0.321 e. The van der Waals surface area contributed by atoms with Crippen molar-refractivity contribution in [2.45, 2.75) is 26.7 Å². The fourth-order valence-electron chi connectivity index (χ4n) is 0.923. The first-order chi connectivity index (χ1) is 6.56. The van der Waals surface area contributed by atoms with E-state index in [-0.39, 0.29) is 11.7 Å². The highest BCUT2D eigenvalue weighted by molar-refractivity contribution is 7.81. The van der Waals surface area contributed by atoms with Crippen molar-refractivity contribution in [3.05, 3.63) is 0 Å². The number of carbonyl (C=O) groups excluding carboxylic acids is 2. The predicted octanol–water partition coefficient (Wildman–Crippen LogP) is 1.18. The summed E-state index contributed by atoms with van der Waals surface area (Å²) in [5, 5.41) is 4.75. The minimum atomic E-state index is -0.437. The highest BCUT2D eigenvalue weighted by atomic mass is 32.1. The van der Waals surface area contributed by atoms with Crippen LogP contribution in [0, 0.1) is 5.92 Å². The Morgan fingerprint density at radius 1 is 1.36 bits per heavy atom. The molecule has 0 aromatic carbocycles. The van der Waals surface area contributed by atoms with E-state index in [1.54, 1.807) is 0 Å². The van der Waals surface area contributed by atoms with Gasteiger partial charge in [0.25, 0.3) is 0 Å². The van der Waals surface area contributed by atoms with Crippen molar-refractivity contribution < 1.29 is 9.59 Å². The summed E-state index contributed by atoms with van der Waals surface area (Å²) in [6.45, 7) is 4.86. The number of imide groups is 1. The molecule has 0 aliphatic rings. The van der Waals surface area contributed by atoms with E-state index in [1.165, 1.54) is 0 Å². The van der Waals surface area contributed by atoms with Crippen LogP contribution in [-0.4, -0.2) is 24.2 Å². The molecule has 0 rings (SSSR count). The Kier molecular flexibility index (Phi) is 7.28. The maximum Gasteiger partial charge on any atom is 0.321 e. The zero-order valence-electron chi connectivity index (χ0n) is 8.67. The van der Waals surface area contributed by atoms with E-state index >= 15 is 0 Å². The first kappa shape index (κ1) is 13.3. The molecule has 0 unspecified atom stereocenters. The van der Waals surface area contributed by atoms with Crippen LogP contribution >= 0.6 is 12.6 Å². The van der Waals surface area contributed by atoms with Crippen LogP contribution in [0.1, 0.15) is 26.7 Å². The third-order valence-corrected chi connectivity index (χ3v) is 1.93. The molecule has 0 fully saturated rings. The van der Waals surface area contributed by atoms with E-state index in [0.29, 0.717) is 12.5 Å².